The lowest BCUT2D eigenvalue weighted by atomic mass is 10.1. The van der Waals surface area contributed by atoms with Gasteiger partial charge in [-0.3, -0.25) is 4.79 Å². The topological polar surface area (TPSA) is 103 Å². The summed E-state index contributed by atoms with van der Waals surface area (Å²) in [4.78, 5) is 12.2. The lowest BCUT2D eigenvalue weighted by Crippen LogP contribution is -2.26. The maximum Gasteiger partial charge on any atom is 0.262 e. The largest absolute Gasteiger partial charge is 0.493 e. The third-order valence-electron chi connectivity index (χ3n) is 4.99. The summed E-state index contributed by atoms with van der Waals surface area (Å²) in [5.41, 5.74) is 2.69. The number of anilines is 1. The molecule has 0 aromatic heterocycles. The van der Waals surface area contributed by atoms with E-state index in [1.165, 1.54) is 24.3 Å². The molecule has 0 saturated heterocycles. The summed E-state index contributed by atoms with van der Waals surface area (Å²) < 4.78 is 43.7. The quantitative estimate of drug-likeness (QED) is 0.432. The molecule has 1 amide bonds. The summed E-state index contributed by atoms with van der Waals surface area (Å²) in [5.74, 6) is 1.29. The van der Waals surface area contributed by atoms with Crippen molar-refractivity contribution < 1.29 is 27.4 Å². The van der Waals surface area contributed by atoms with Gasteiger partial charge in [-0.05, 0) is 67.4 Å². The van der Waals surface area contributed by atoms with Crippen LogP contribution in [0.4, 0.5) is 5.69 Å². The highest BCUT2D eigenvalue weighted by Gasteiger charge is 2.14. The monoisotopic (exact) mass is 484 g/mol. The number of benzene rings is 3. The summed E-state index contributed by atoms with van der Waals surface area (Å²) in [5, 5.41) is 2.74. The van der Waals surface area contributed by atoms with Gasteiger partial charge in [0.2, 0.25) is 10.0 Å². The van der Waals surface area contributed by atoms with Crippen LogP contribution in [0, 0.1) is 6.92 Å². The lowest BCUT2D eigenvalue weighted by Gasteiger charge is -2.11. The van der Waals surface area contributed by atoms with Gasteiger partial charge in [0.15, 0.2) is 18.1 Å². The van der Waals surface area contributed by atoms with E-state index in [1.54, 1.807) is 20.3 Å². The number of aryl methyl sites for hydroxylation is 1. The van der Waals surface area contributed by atoms with Crippen LogP contribution in [0.15, 0.2) is 71.6 Å². The Kier molecular flexibility index (Phi) is 8.50. The van der Waals surface area contributed by atoms with Crippen LogP contribution in [0.3, 0.4) is 0 Å². The first kappa shape index (κ1) is 25.1. The van der Waals surface area contributed by atoms with Gasteiger partial charge < -0.3 is 19.5 Å². The SMILES string of the molecule is COc1ccc(CCNS(=O)(=O)c2ccc(OCC(=O)Nc3ccc(C)cc3)cc2)cc1OC. The van der Waals surface area contributed by atoms with E-state index in [0.29, 0.717) is 29.4 Å². The summed E-state index contributed by atoms with van der Waals surface area (Å²) in [6, 6.07) is 18.8. The van der Waals surface area contributed by atoms with E-state index in [9.17, 15) is 13.2 Å². The van der Waals surface area contributed by atoms with Crippen LogP contribution in [0.25, 0.3) is 0 Å². The Hall–Kier alpha value is -3.56. The van der Waals surface area contributed by atoms with E-state index >= 15 is 0 Å². The van der Waals surface area contributed by atoms with E-state index in [0.717, 1.165) is 11.1 Å². The van der Waals surface area contributed by atoms with Crippen molar-refractivity contribution >= 4 is 21.6 Å². The van der Waals surface area contributed by atoms with Crippen LogP contribution in [-0.2, 0) is 21.2 Å². The van der Waals surface area contributed by atoms with E-state index in [4.69, 9.17) is 14.2 Å². The second-order valence-electron chi connectivity index (χ2n) is 7.51. The summed E-state index contributed by atoms with van der Waals surface area (Å²) in [6.07, 6.45) is 0.483. The summed E-state index contributed by atoms with van der Waals surface area (Å²) in [6.45, 7) is 1.99. The van der Waals surface area contributed by atoms with Crippen molar-refractivity contribution in [1.82, 2.24) is 4.72 Å². The minimum atomic E-state index is -3.69. The molecule has 3 rings (SSSR count). The second kappa shape index (κ2) is 11.5. The van der Waals surface area contributed by atoms with Crippen molar-refractivity contribution in [3.63, 3.8) is 0 Å². The average Bonchev–Trinajstić information content (AvgIpc) is 2.84. The van der Waals surface area contributed by atoms with Crippen LogP contribution >= 0.6 is 0 Å². The third kappa shape index (κ3) is 6.97. The van der Waals surface area contributed by atoms with Crippen LogP contribution in [0.1, 0.15) is 11.1 Å². The molecule has 0 radical (unpaired) electrons. The molecular weight excluding hydrogens is 456 g/mol. The van der Waals surface area contributed by atoms with Crippen LogP contribution < -0.4 is 24.2 Å². The summed E-state index contributed by atoms with van der Waals surface area (Å²) in [7, 11) is -0.585. The minimum Gasteiger partial charge on any atom is -0.493 e. The molecular formula is C25H28N2O6S. The van der Waals surface area contributed by atoms with Crippen LogP contribution in [0.2, 0.25) is 0 Å². The molecule has 0 aliphatic carbocycles. The number of ether oxygens (including phenoxy) is 3. The number of hydrogen-bond donors (Lipinski definition) is 2. The number of rotatable bonds is 11. The standard InChI is InChI=1S/C25H28N2O6S/c1-18-4-7-20(8-5-18)27-25(28)17-33-21-9-11-22(12-10-21)34(29,30)26-15-14-19-6-13-23(31-2)24(16-19)32-3/h4-13,16,26H,14-15,17H2,1-3H3,(H,27,28). The number of carbonyl (C=O) groups excluding carboxylic acids is 1. The molecule has 0 heterocycles. The predicted molar refractivity (Wildman–Crippen MR) is 130 cm³/mol. The molecule has 0 fully saturated rings. The van der Waals surface area contributed by atoms with Crippen molar-refractivity contribution in [1.29, 1.82) is 0 Å². The number of methoxy groups -OCH3 is 2. The van der Waals surface area contributed by atoms with Gasteiger partial charge in [-0.25, -0.2) is 13.1 Å². The molecule has 3 aromatic carbocycles. The number of nitrogens with one attached hydrogen (secondary N) is 2. The highest BCUT2D eigenvalue weighted by Crippen LogP contribution is 2.27. The molecule has 0 saturated carbocycles. The molecule has 9 heteroatoms. The first-order valence-corrected chi connectivity index (χ1v) is 12.1. The molecule has 0 spiro atoms. The molecule has 2 N–H and O–H groups in total. The summed E-state index contributed by atoms with van der Waals surface area (Å²) >= 11 is 0. The maximum atomic E-state index is 12.6. The van der Waals surface area contributed by atoms with Gasteiger partial charge in [-0.2, -0.15) is 0 Å². The number of carbonyl (C=O) groups is 1. The van der Waals surface area contributed by atoms with Gasteiger partial charge in [-0.1, -0.05) is 23.8 Å². The number of hydrogen-bond acceptors (Lipinski definition) is 6. The van der Waals surface area contributed by atoms with Gasteiger partial charge >= 0.3 is 0 Å². The highest BCUT2D eigenvalue weighted by atomic mass is 32.2. The molecule has 0 unspecified atom stereocenters. The van der Waals surface area contributed by atoms with Crippen molar-refractivity contribution in [2.24, 2.45) is 0 Å². The average molecular weight is 485 g/mol. The first-order chi connectivity index (χ1) is 16.3. The zero-order valence-electron chi connectivity index (χ0n) is 19.3. The Balaban J connectivity index is 1.50. The zero-order valence-corrected chi connectivity index (χ0v) is 20.1. The van der Waals surface area contributed by atoms with Crippen LogP contribution in [-0.4, -0.2) is 41.7 Å². The number of sulfonamides is 1. The Morgan fingerprint density at radius 2 is 1.56 bits per heavy atom. The Bertz CT molecular complexity index is 1210. The first-order valence-electron chi connectivity index (χ1n) is 10.6. The minimum absolute atomic E-state index is 0.108. The maximum absolute atomic E-state index is 12.6. The van der Waals surface area contributed by atoms with Crippen molar-refractivity contribution in [2.45, 2.75) is 18.2 Å². The molecule has 0 bridgehead atoms. The van der Waals surface area contributed by atoms with Crippen molar-refractivity contribution in [2.75, 3.05) is 32.7 Å². The van der Waals surface area contributed by atoms with Crippen molar-refractivity contribution in [3.05, 3.63) is 77.9 Å². The molecule has 0 aliphatic rings. The molecule has 0 aliphatic heterocycles. The fourth-order valence-electron chi connectivity index (χ4n) is 3.15. The van der Waals surface area contributed by atoms with E-state index < -0.39 is 10.0 Å². The van der Waals surface area contributed by atoms with Crippen LogP contribution in [0.5, 0.6) is 17.2 Å². The highest BCUT2D eigenvalue weighted by molar-refractivity contribution is 7.89. The van der Waals surface area contributed by atoms with E-state index in [-0.39, 0.29) is 24.0 Å². The Morgan fingerprint density at radius 3 is 2.21 bits per heavy atom. The van der Waals surface area contributed by atoms with Gasteiger partial charge in [-0.15, -0.1) is 0 Å². The Labute approximate surface area is 199 Å². The van der Waals surface area contributed by atoms with Gasteiger partial charge in [0, 0.05) is 12.2 Å². The molecule has 34 heavy (non-hydrogen) atoms. The van der Waals surface area contributed by atoms with E-state index in [2.05, 4.69) is 10.0 Å². The fourth-order valence-corrected chi connectivity index (χ4v) is 4.18. The predicted octanol–water partition coefficient (Wildman–Crippen LogP) is 3.55. The third-order valence-corrected chi connectivity index (χ3v) is 6.47. The zero-order chi connectivity index (χ0) is 24.6. The lowest BCUT2D eigenvalue weighted by molar-refractivity contribution is -0.118. The molecule has 180 valence electrons. The molecule has 0 atom stereocenters. The fraction of sp³-hybridized carbons (Fsp3) is 0.240. The van der Waals surface area contributed by atoms with E-state index in [1.807, 2.05) is 43.3 Å². The number of amides is 1. The normalized spacial score (nSPS) is 11.0. The van der Waals surface area contributed by atoms with Crippen molar-refractivity contribution in [3.8, 4) is 17.2 Å². The van der Waals surface area contributed by atoms with Gasteiger partial charge in [0.05, 0.1) is 19.1 Å². The second-order valence-corrected chi connectivity index (χ2v) is 9.28. The Morgan fingerprint density at radius 1 is 0.882 bits per heavy atom. The molecule has 8 nitrogen and oxygen atoms in total. The van der Waals surface area contributed by atoms with Gasteiger partial charge in [0.1, 0.15) is 5.75 Å². The van der Waals surface area contributed by atoms with Gasteiger partial charge in [0.25, 0.3) is 5.91 Å². The molecule has 3 aromatic rings. The smallest absolute Gasteiger partial charge is 0.262 e.